The maximum atomic E-state index is 11.4. The van der Waals surface area contributed by atoms with E-state index in [1.807, 2.05) is 11.9 Å². The minimum Gasteiger partial charge on any atom is -0.345 e. The molecule has 2 N–H and O–H groups in total. The summed E-state index contributed by atoms with van der Waals surface area (Å²) in [4.78, 5) is 13.3. The smallest absolute Gasteiger partial charge is 0.225 e. The Morgan fingerprint density at radius 3 is 2.67 bits per heavy atom. The van der Waals surface area contributed by atoms with Gasteiger partial charge in [0.25, 0.3) is 0 Å². The van der Waals surface area contributed by atoms with Gasteiger partial charge in [-0.1, -0.05) is 6.92 Å². The lowest BCUT2D eigenvalue weighted by Crippen LogP contribution is -2.34. The molecule has 1 aliphatic carbocycles. The normalized spacial score (nSPS) is 18.9. The highest BCUT2D eigenvalue weighted by Gasteiger charge is 2.32. The standard InChI is InChI=1S/C9H18N2O/c1-7(5-10)6-11(2)9(12)8-3-4-8/h7-8H,3-6,10H2,1-2H3. The Bertz CT molecular complexity index is 166. The molecule has 1 amide bonds. The van der Waals surface area contributed by atoms with Crippen LogP contribution in [0.4, 0.5) is 0 Å². The van der Waals surface area contributed by atoms with Gasteiger partial charge in [0.15, 0.2) is 0 Å². The van der Waals surface area contributed by atoms with Crippen LogP contribution < -0.4 is 5.73 Å². The lowest BCUT2D eigenvalue weighted by atomic mass is 10.1. The van der Waals surface area contributed by atoms with Crippen LogP contribution >= 0.6 is 0 Å². The van der Waals surface area contributed by atoms with E-state index in [-0.39, 0.29) is 0 Å². The number of carbonyl (C=O) groups excluding carboxylic acids is 1. The quantitative estimate of drug-likeness (QED) is 0.666. The van der Waals surface area contributed by atoms with E-state index in [2.05, 4.69) is 6.92 Å². The predicted molar refractivity (Wildman–Crippen MR) is 48.6 cm³/mol. The van der Waals surface area contributed by atoms with Gasteiger partial charge in [-0.15, -0.1) is 0 Å². The average Bonchev–Trinajstić information content (AvgIpc) is 2.85. The summed E-state index contributed by atoms with van der Waals surface area (Å²) in [5.41, 5.74) is 5.47. The van der Waals surface area contributed by atoms with Crippen molar-refractivity contribution in [2.75, 3.05) is 20.1 Å². The van der Waals surface area contributed by atoms with Gasteiger partial charge in [-0.2, -0.15) is 0 Å². The van der Waals surface area contributed by atoms with Gasteiger partial charge in [-0.05, 0) is 25.3 Å². The number of hydrogen-bond acceptors (Lipinski definition) is 2. The molecule has 1 aliphatic rings. The van der Waals surface area contributed by atoms with Crippen LogP contribution in [0.1, 0.15) is 19.8 Å². The fraction of sp³-hybridized carbons (Fsp3) is 0.889. The van der Waals surface area contributed by atoms with Crippen LogP contribution in [-0.4, -0.2) is 30.9 Å². The third-order valence-electron chi connectivity index (χ3n) is 2.29. The van der Waals surface area contributed by atoms with E-state index in [1.165, 1.54) is 0 Å². The van der Waals surface area contributed by atoms with Crippen molar-refractivity contribution in [1.82, 2.24) is 4.90 Å². The van der Waals surface area contributed by atoms with Gasteiger partial charge >= 0.3 is 0 Å². The van der Waals surface area contributed by atoms with Crippen molar-refractivity contribution in [1.29, 1.82) is 0 Å². The summed E-state index contributed by atoms with van der Waals surface area (Å²) in [6.45, 7) is 3.52. The number of carbonyl (C=O) groups is 1. The Morgan fingerprint density at radius 1 is 1.67 bits per heavy atom. The number of amides is 1. The van der Waals surface area contributed by atoms with Crippen molar-refractivity contribution in [3.05, 3.63) is 0 Å². The van der Waals surface area contributed by atoms with Crippen molar-refractivity contribution in [2.24, 2.45) is 17.6 Å². The van der Waals surface area contributed by atoms with Crippen LogP contribution in [0.2, 0.25) is 0 Å². The fourth-order valence-corrected chi connectivity index (χ4v) is 1.27. The Hall–Kier alpha value is -0.570. The van der Waals surface area contributed by atoms with E-state index < -0.39 is 0 Å². The molecule has 0 spiro atoms. The molecule has 0 aromatic rings. The molecule has 0 radical (unpaired) electrons. The summed E-state index contributed by atoms with van der Waals surface area (Å²) < 4.78 is 0. The largest absolute Gasteiger partial charge is 0.345 e. The van der Waals surface area contributed by atoms with E-state index in [4.69, 9.17) is 5.73 Å². The molecule has 0 bridgehead atoms. The second-order valence-corrected chi connectivity index (χ2v) is 3.83. The molecule has 0 heterocycles. The van der Waals surface area contributed by atoms with Gasteiger partial charge in [-0.25, -0.2) is 0 Å². The summed E-state index contributed by atoms with van der Waals surface area (Å²) >= 11 is 0. The van der Waals surface area contributed by atoms with E-state index in [9.17, 15) is 4.79 Å². The number of hydrogen-bond donors (Lipinski definition) is 1. The van der Waals surface area contributed by atoms with Crippen LogP contribution in [0.25, 0.3) is 0 Å². The van der Waals surface area contributed by atoms with Crippen molar-refractivity contribution < 1.29 is 4.79 Å². The zero-order valence-electron chi connectivity index (χ0n) is 7.92. The second kappa shape index (κ2) is 3.90. The Kier molecular flexibility index (Phi) is 3.09. The lowest BCUT2D eigenvalue weighted by molar-refractivity contribution is -0.131. The molecular formula is C9H18N2O. The molecule has 1 rings (SSSR count). The molecule has 0 saturated heterocycles. The maximum absolute atomic E-state index is 11.4. The molecule has 12 heavy (non-hydrogen) atoms. The van der Waals surface area contributed by atoms with E-state index >= 15 is 0 Å². The van der Waals surface area contributed by atoms with E-state index in [0.29, 0.717) is 24.3 Å². The third-order valence-corrected chi connectivity index (χ3v) is 2.29. The van der Waals surface area contributed by atoms with Gasteiger partial charge in [-0.3, -0.25) is 4.79 Å². The molecule has 1 fully saturated rings. The van der Waals surface area contributed by atoms with Gasteiger partial charge in [0.1, 0.15) is 0 Å². The first-order valence-electron chi connectivity index (χ1n) is 4.60. The molecular weight excluding hydrogens is 152 g/mol. The van der Waals surface area contributed by atoms with Gasteiger partial charge < -0.3 is 10.6 Å². The molecule has 1 saturated carbocycles. The molecule has 70 valence electrons. The SMILES string of the molecule is CC(CN)CN(C)C(=O)C1CC1. The number of rotatable bonds is 4. The zero-order chi connectivity index (χ0) is 9.14. The molecule has 3 heteroatoms. The number of nitrogens with zero attached hydrogens (tertiary/aromatic N) is 1. The van der Waals surface area contributed by atoms with Gasteiger partial charge in [0, 0.05) is 19.5 Å². The van der Waals surface area contributed by atoms with E-state index in [0.717, 1.165) is 19.4 Å². The first-order valence-corrected chi connectivity index (χ1v) is 4.60. The Labute approximate surface area is 73.9 Å². The highest BCUT2D eigenvalue weighted by molar-refractivity contribution is 5.80. The Balaban J connectivity index is 2.26. The molecule has 1 atom stereocenters. The summed E-state index contributed by atoms with van der Waals surface area (Å²) in [6.07, 6.45) is 2.17. The highest BCUT2D eigenvalue weighted by Crippen LogP contribution is 2.30. The van der Waals surface area contributed by atoms with Crippen LogP contribution in [0.5, 0.6) is 0 Å². The summed E-state index contributed by atoms with van der Waals surface area (Å²) in [5.74, 6) is 1.05. The first kappa shape index (κ1) is 9.52. The van der Waals surface area contributed by atoms with Gasteiger partial charge in [0.2, 0.25) is 5.91 Å². The third kappa shape index (κ3) is 2.48. The predicted octanol–water partition coefficient (Wildman–Crippen LogP) is 0.450. The first-order chi connectivity index (χ1) is 5.65. The van der Waals surface area contributed by atoms with Crippen LogP contribution in [0, 0.1) is 11.8 Å². The van der Waals surface area contributed by atoms with Crippen molar-refractivity contribution in [3.8, 4) is 0 Å². The molecule has 0 aliphatic heterocycles. The van der Waals surface area contributed by atoms with Crippen molar-refractivity contribution in [2.45, 2.75) is 19.8 Å². The molecule has 0 aromatic heterocycles. The topological polar surface area (TPSA) is 46.3 Å². The monoisotopic (exact) mass is 170 g/mol. The summed E-state index contributed by atoms with van der Waals surface area (Å²) in [5, 5.41) is 0. The zero-order valence-corrected chi connectivity index (χ0v) is 7.92. The average molecular weight is 170 g/mol. The molecule has 0 aromatic carbocycles. The Morgan fingerprint density at radius 2 is 2.25 bits per heavy atom. The van der Waals surface area contributed by atoms with Crippen LogP contribution in [0.3, 0.4) is 0 Å². The van der Waals surface area contributed by atoms with E-state index in [1.54, 1.807) is 0 Å². The van der Waals surface area contributed by atoms with Crippen LogP contribution in [-0.2, 0) is 4.79 Å². The van der Waals surface area contributed by atoms with Crippen molar-refractivity contribution in [3.63, 3.8) is 0 Å². The lowest BCUT2D eigenvalue weighted by Gasteiger charge is -2.20. The number of nitrogens with two attached hydrogens (primary N) is 1. The summed E-state index contributed by atoms with van der Waals surface area (Å²) in [7, 11) is 1.87. The summed E-state index contributed by atoms with van der Waals surface area (Å²) in [6, 6.07) is 0. The minimum atomic E-state index is 0.301. The minimum absolute atomic E-state index is 0.301. The van der Waals surface area contributed by atoms with Gasteiger partial charge in [0.05, 0.1) is 0 Å². The van der Waals surface area contributed by atoms with Crippen molar-refractivity contribution >= 4 is 5.91 Å². The highest BCUT2D eigenvalue weighted by atomic mass is 16.2. The maximum Gasteiger partial charge on any atom is 0.225 e. The molecule has 3 nitrogen and oxygen atoms in total. The molecule has 1 unspecified atom stereocenters. The fourth-order valence-electron chi connectivity index (χ4n) is 1.27. The second-order valence-electron chi connectivity index (χ2n) is 3.83. The van der Waals surface area contributed by atoms with Crippen LogP contribution in [0.15, 0.2) is 0 Å².